The first-order valence-electron chi connectivity index (χ1n) is 9.05. The van der Waals surface area contributed by atoms with Gasteiger partial charge >= 0.3 is 0 Å². The van der Waals surface area contributed by atoms with E-state index in [1.54, 1.807) is 11.1 Å². The van der Waals surface area contributed by atoms with Gasteiger partial charge in [0.25, 0.3) is 0 Å². The minimum atomic E-state index is -0.504. The minimum absolute atomic E-state index is 0.0685. The average molecular weight is 387 g/mol. The number of amides is 2. The van der Waals surface area contributed by atoms with E-state index in [1.165, 1.54) is 0 Å². The number of pyridine rings is 1. The predicted octanol–water partition coefficient (Wildman–Crippen LogP) is 1.78. The molecule has 0 bridgehead atoms. The molecule has 1 unspecified atom stereocenters. The second kappa shape index (κ2) is 9.48. The maximum atomic E-state index is 12.7. The fourth-order valence-electron chi connectivity index (χ4n) is 3.07. The first-order chi connectivity index (χ1) is 13.1. The molecule has 3 rings (SSSR count). The molecule has 0 saturated carbocycles. The molecule has 1 aliphatic rings. The number of halogens is 1. The Bertz CT molecular complexity index is 785. The molecule has 1 aromatic heterocycles. The maximum absolute atomic E-state index is 12.7. The molecule has 1 aromatic carbocycles. The Balaban J connectivity index is 1.48. The SMILES string of the molecule is O=C(CC1NCCN(Cc2ccccc2Cl)C1=O)NCCc1ccccn1. The topological polar surface area (TPSA) is 74.3 Å². The van der Waals surface area contributed by atoms with Crippen molar-refractivity contribution in [1.82, 2.24) is 20.5 Å². The van der Waals surface area contributed by atoms with E-state index in [1.807, 2.05) is 42.5 Å². The highest BCUT2D eigenvalue weighted by Crippen LogP contribution is 2.18. The summed E-state index contributed by atoms with van der Waals surface area (Å²) in [6.07, 6.45) is 2.52. The molecule has 142 valence electrons. The lowest BCUT2D eigenvalue weighted by Gasteiger charge is -2.33. The Morgan fingerprint density at radius 1 is 1.26 bits per heavy atom. The van der Waals surface area contributed by atoms with Crippen molar-refractivity contribution in [2.24, 2.45) is 0 Å². The smallest absolute Gasteiger partial charge is 0.240 e. The van der Waals surface area contributed by atoms with Crippen molar-refractivity contribution in [3.8, 4) is 0 Å². The van der Waals surface area contributed by atoms with Crippen molar-refractivity contribution in [3.63, 3.8) is 0 Å². The third kappa shape index (κ3) is 5.52. The molecule has 2 aromatic rings. The van der Waals surface area contributed by atoms with Gasteiger partial charge in [-0.3, -0.25) is 14.6 Å². The number of carbonyl (C=O) groups excluding carboxylic acids is 2. The Labute approximate surface area is 163 Å². The van der Waals surface area contributed by atoms with Crippen molar-refractivity contribution < 1.29 is 9.59 Å². The summed E-state index contributed by atoms with van der Waals surface area (Å²) in [5.41, 5.74) is 1.84. The van der Waals surface area contributed by atoms with E-state index in [2.05, 4.69) is 15.6 Å². The number of hydrogen-bond donors (Lipinski definition) is 2. The fraction of sp³-hybridized carbons (Fsp3) is 0.350. The zero-order valence-electron chi connectivity index (χ0n) is 15.0. The van der Waals surface area contributed by atoms with E-state index in [0.29, 0.717) is 37.6 Å². The molecule has 27 heavy (non-hydrogen) atoms. The van der Waals surface area contributed by atoms with Gasteiger partial charge in [-0.2, -0.15) is 0 Å². The van der Waals surface area contributed by atoms with Crippen molar-refractivity contribution in [2.45, 2.75) is 25.4 Å². The lowest BCUT2D eigenvalue weighted by Crippen LogP contribution is -2.55. The van der Waals surface area contributed by atoms with Gasteiger partial charge in [0.05, 0.1) is 12.5 Å². The fourth-order valence-corrected chi connectivity index (χ4v) is 3.27. The van der Waals surface area contributed by atoms with Gasteiger partial charge in [-0.1, -0.05) is 35.9 Å². The highest BCUT2D eigenvalue weighted by Gasteiger charge is 2.30. The molecule has 7 heteroatoms. The van der Waals surface area contributed by atoms with Crippen LogP contribution in [0, 0.1) is 0 Å². The van der Waals surface area contributed by atoms with Crippen LogP contribution in [0.15, 0.2) is 48.7 Å². The minimum Gasteiger partial charge on any atom is -0.356 e. The van der Waals surface area contributed by atoms with E-state index in [0.717, 1.165) is 11.3 Å². The van der Waals surface area contributed by atoms with Crippen LogP contribution in [0.2, 0.25) is 5.02 Å². The van der Waals surface area contributed by atoms with E-state index in [4.69, 9.17) is 11.6 Å². The highest BCUT2D eigenvalue weighted by molar-refractivity contribution is 6.31. The summed E-state index contributed by atoms with van der Waals surface area (Å²) in [6, 6.07) is 12.7. The average Bonchev–Trinajstić information content (AvgIpc) is 2.67. The van der Waals surface area contributed by atoms with Gasteiger partial charge in [-0.15, -0.1) is 0 Å². The molecule has 6 nitrogen and oxygen atoms in total. The summed E-state index contributed by atoms with van der Waals surface area (Å²) in [7, 11) is 0. The third-order valence-corrected chi connectivity index (χ3v) is 4.89. The van der Waals surface area contributed by atoms with Gasteiger partial charge in [-0.25, -0.2) is 0 Å². The molecule has 2 heterocycles. The molecule has 0 aliphatic carbocycles. The van der Waals surface area contributed by atoms with Crippen LogP contribution in [-0.4, -0.2) is 47.4 Å². The Morgan fingerprint density at radius 2 is 2.07 bits per heavy atom. The molecule has 0 spiro atoms. The van der Waals surface area contributed by atoms with E-state index >= 15 is 0 Å². The Hall–Kier alpha value is -2.44. The molecule has 1 atom stereocenters. The van der Waals surface area contributed by atoms with Gasteiger partial charge in [0, 0.05) is 49.5 Å². The van der Waals surface area contributed by atoms with Crippen LogP contribution in [0.3, 0.4) is 0 Å². The van der Waals surface area contributed by atoms with E-state index in [-0.39, 0.29) is 18.2 Å². The summed E-state index contributed by atoms with van der Waals surface area (Å²) in [5, 5.41) is 6.65. The predicted molar refractivity (Wildman–Crippen MR) is 104 cm³/mol. The normalized spacial score (nSPS) is 17.0. The molecular formula is C20H23ClN4O2. The summed E-state index contributed by atoms with van der Waals surface area (Å²) < 4.78 is 0. The third-order valence-electron chi connectivity index (χ3n) is 4.52. The largest absolute Gasteiger partial charge is 0.356 e. The number of hydrogen-bond acceptors (Lipinski definition) is 4. The molecule has 1 aliphatic heterocycles. The summed E-state index contributed by atoms with van der Waals surface area (Å²) >= 11 is 6.20. The van der Waals surface area contributed by atoms with Crippen LogP contribution in [0.4, 0.5) is 0 Å². The first kappa shape index (κ1) is 19.3. The number of carbonyl (C=O) groups is 2. The van der Waals surface area contributed by atoms with E-state index in [9.17, 15) is 9.59 Å². The summed E-state index contributed by atoms with van der Waals surface area (Å²) in [6.45, 7) is 2.21. The maximum Gasteiger partial charge on any atom is 0.240 e. The van der Waals surface area contributed by atoms with Crippen molar-refractivity contribution in [3.05, 3.63) is 64.9 Å². The number of nitrogens with one attached hydrogen (secondary N) is 2. The van der Waals surface area contributed by atoms with Gasteiger partial charge in [0.2, 0.25) is 11.8 Å². The number of aromatic nitrogens is 1. The molecule has 2 amide bonds. The van der Waals surface area contributed by atoms with Gasteiger partial charge in [-0.05, 0) is 23.8 Å². The quantitative estimate of drug-likeness (QED) is 0.760. The number of nitrogens with zero attached hydrogens (tertiary/aromatic N) is 2. The van der Waals surface area contributed by atoms with E-state index < -0.39 is 6.04 Å². The number of benzene rings is 1. The number of rotatable bonds is 7. The van der Waals surface area contributed by atoms with Crippen LogP contribution in [-0.2, 0) is 22.6 Å². The van der Waals surface area contributed by atoms with Crippen molar-refractivity contribution in [2.75, 3.05) is 19.6 Å². The Kier molecular flexibility index (Phi) is 6.79. The zero-order chi connectivity index (χ0) is 19.1. The first-order valence-corrected chi connectivity index (χ1v) is 9.43. The number of piperazine rings is 1. The molecule has 0 radical (unpaired) electrons. The molecular weight excluding hydrogens is 364 g/mol. The second-order valence-corrected chi connectivity index (χ2v) is 6.89. The van der Waals surface area contributed by atoms with Crippen molar-refractivity contribution >= 4 is 23.4 Å². The van der Waals surface area contributed by atoms with Gasteiger partial charge < -0.3 is 15.5 Å². The summed E-state index contributed by atoms with van der Waals surface area (Å²) in [5.74, 6) is -0.211. The van der Waals surface area contributed by atoms with Crippen molar-refractivity contribution in [1.29, 1.82) is 0 Å². The molecule has 1 saturated heterocycles. The van der Waals surface area contributed by atoms with Crippen LogP contribution in [0.5, 0.6) is 0 Å². The molecule has 1 fully saturated rings. The molecule has 2 N–H and O–H groups in total. The lowest BCUT2D eigenvalue weighted by atomic mass is 10.1. The summed E-state index contributed by atoms with van der Waals surface area (Å²) in [4.78, 5) is 30.9. The monoisotopic (exact) mass is 386 g/mol. The van der Waals surface area contributed by atoms with Crippen LogP contribution in [0.1, 0.15) is 17.7 Å². The zero-order valence-corrected chi connectivity index (χ0v) is 15.8. The standard InChI is InChI=1S/C20H23ClN4O2/c21-17-7-2-1-5-15(17)14-25-12-11-23-18(20(25)27)13-19(26)24-10-8-16-6-3-4-9-22-16/h1-7,9,18,23H,8,10-14H2,(H,24,26). The second-order valence-electron chi connectivity index (χ2n) is 6.48. The van der Waals surface area contributed by atoms with Gasteiger partial charge in [0.15, 0.2) is 0 Å². The van der Waals surface area contributed by atoms with Gasteiger partial charge in [0.1, 0.15) is 0 Å². The highest BCUT2D eigenvalue weighted by atomic mass is 35.5. The van der Waals surface area contributed by atoms with Crippen LogP contribution >= 0.6 is 11.6 Å². The Morgan fingerprint density at radius 3 is 2.85 bits per heavy atom. The van der Waals surface area contributed by atoms with Crippen LogP contribution < -0.4 is 10.6 Å². The lowest BCUT2D eigenvalue weighted by molar-refractivity contribution is -0.138. The van der Waals surface area contributed by atoms with Crippen LogP contribution in [0.25, 0.3) is 0 Å².